The quantitative estimate of drug-likeness (QED) is 0.260. The van der Waals surface area contributed by atoms with Gasteiger partial charge in [-0.1, -0.05) is 28.7 Å². The minimum absolute atomic E-state index is 0.141. The molecule has 0 atom stereocenters. The predicted octanol–water partition coefficient (Wildman–Crippen LogP) is 0.883. The lowest BCUT2D eigenvalue weighted by Crippen LogP contribution is -2.84. The van der Waals surface area contributed by atoms with Crippen molar-refractivity contribution in [3.05, 3.63) is 12.2 Å². The number of quaternary nitrogens is 1. The number of hydrogen-bond donors (Lipinski definition) is 1. The molecule has 0 aliphatic heterocycles. The van der Waals surface area contributed by atoms with E-state index in [0.717, 1.165) is 13.1 Å². The predicted molar refractivity (Wildman–Crippen MR) is 65.5 cm³/mol. The van der Waals surface area contributed by atoms with Crippen molar-refractivity contribution in [1.82, 2.24) is 0 Å². The van der Waals surface area contributed by atoms with Gasteiger partial charge in [-0.3, -0.25) is 4.79 Å². The number of allylic oxidation sites excluding steroid dienone is 1. The van der Waals surface area contributed by atoms with Crippen LogP contribution in [-0.2, 0) is 9.53 Å². The van der Waals surface area contributed by atoms with Crippen LogP contribution >= 0.6 is 22.6 Å². The molecule has 0 saturated carbocycles. The molecule has 0 radical (unpaired) electrons. The highest BCUT2D eigenvalue weighted by Gasteiger charge is 2.24. The Balaban J connectivity index is 3.42. The number of esters is 1. The van der Waals surface area contributed by atoms with Crippen LogP contribution in [0.3, 0.4) is 0 Å². The van der Waals surface area contributed by atoms with E-state index in [9.17, 15) is 4.79 Å². The van der Waals surface area contributed by atoms with Crippen LogP contribution in [0.25, 0.3) is 0 Å². The van der Waals surface area contributed by atoms with Gasteiger partial charge in [-0.05, 0) is 26.8 Å². The molecule has 0 fully saturated rings. The molecule has 0 amide bonds. The van der Waals surface area contributed by atoms with E-state index in [1.807, 2.05) is 26.8 Å². The van der Waals surface area contributed by atoms with Gasteiger partial charge in [0.25, 0.3) is 0 Å². The average Bonchev–Trinajstić information content (AvgIpc) is 2.09. The molecule has 2 N–H and O–H groups in total. The number of halogens is 1. The van der Waals surface area contributed by atoms with Crippen LogP contribution in [0.4, 0.5) is 0 Å². The number of hydrogen-bond acceptors (Lipinski definition) is 2. The van der Waals surface area contributed by atoms with Crippen molar-refractivity contribution in [3.8, 4) is 0 Å². The minimum atomic E-state index is -0.416. The molecular weight excluding hydrogens is 293 g/mol. The van der Waals surface area contributed by atoms with E-state index in [1.165, 1.54) is 0 Å². The summed E-state index contributed by atoms with van der Waals surface area (Å²) in [4.78, 5) is 11.3. The monoisotopic (exact) mass is 312 g/mol. The summed E-state index contributed by atoms with van der Waals surface area (Å²) in [6.07, 6.45) is 4.08. The molecule has 0 unspecified atom stereocenters. The second-order valence-corrected chi connectivity index (χ2v) is 6.19. The Kier molecular flexibility index (Phi) is 7.17. The fourth-order valence-electron chi connectivity index (χ4n) is 0.757. The van der Waals surface area contributed by atoms with Gasteiger partial charge in [0.1, 0.15) is 16.6 Å². The van der Waals surface area contributed by atoms with Crippen LogP contribution < -0.4 is 5.32 Å². The van der Waals surface area contributed by atoms with Crippen LogP contribution in [0.15, 0.2) is 12.2 Å². The van der Waals surface area contributed by atoms with Crippen molar-refractivity contribution in [2.45, 2.75) is 24.2 Å². The van der Waals surface area contributed by atoms with Gasteiger partial charge in [0.2, 0.25) is 0 Å². The van der Waals surface area contributed by atoms with Gasteiger partial charge < -0.3 is 10.1 Å². The third-order valence-electron chi connectivity index (χ3n) is 1.58. The van der Waals surface area contributed by atoms with Gasteiger partial charge in [-0.25, -0.2) is 0 Å². The molecule has 0 bridgehead atoms. The second kappa shape index (κ2) is 7.23. The summed E-state index contributed by atoms with van der Waals surface area (Å²) in [5.41, 5.74) is 0. The first-order chi connectivity index (χ1) is 6.48. The number of carbonyl (C=O) groups excluding carboxylic acids is 1. The van der Waals surface area contributed by atoms with Gasteiger partial charge in [0, 0.05) is 0 Å². The normalized spacial score (nSPS) is 12.0. The molecule has 0 heterocycles. The molecule has 0 rings (SSSR count). The van der Waals surface area contributed by atoms with E-state index in [1.54, 1.807) is 0 Å². The maximum absolute atomic E-state index is 11.3. The molecule has 0 saturated heterocycles. The molecular formula is C10H19INO2+. The van der Waals surface area contributed by atoms with E-state index in [4.69, 9.17) is 4.74 Å². The van der Waals surface area contributed by atoms with E-state index in [2.05, 4.69) is 34.0 Å². The van der Waals surface area contributed by atoms with Crippen molar-refractivity contribution >= 4 is 28.6 Å². The molecule has 0 aliphatic carbocycles. The van der Waals surface area contributed by atoms with Crippen molar-refractivity contribution in [2.24, 2.45) is 0 Å². The van der Waals surface area contributed by atoms with Gasteiger partial charge >= 0.3 is 5.97 Å². The summed E-state index contributed by atoms with van der Waals surface area (Å²) in [5, 5.41) is 2.10. The Hall–Kier alpha value is -0.100. The van der Waals surface area contributed by atoms with Crippen LogP contribution in [0, 0.1) is 0 Å². The summed E-state index contributed by atoms with van der Waals surface area (Å²) < 4.78 is 4.67. The average molecular weight is 312 g/mol. The van der Waals surface area contributed by atoms with E-state index in [-0.39, 0.29) is 5.97 Å². The molecule has 3 nitrogen and oxygen atoms in total. The fraction of sp³-hybridized carbons (Fsp3) is 0.700. The minimum Gasteiger partial charge on any atom is -0.459 e. The van der Waals surface area contributed by atoms with E-state index in [0.29, 0.717) is 6.61 Å². The summed E-state index contributed by atoms with van der Waals surface area (Å²) in [6.45, 7) is 7.94. The zero-order valence-electron chi connectivity index (χ0n) is 9.05. The zero-order valence-corrected chi connectivity index (χ0v) is 11.2. The molecule has 0 aromatic carbocycles. The highest BCUT2D eigenvalue weighted by atomic mass is 127. The smallest absolute Gasteiger partial charge is 0.321 e. The van der Waals surface area contributed by atoms with Crippen LogP contribution in [-0.4, -0.2) is 29.1 Å². The molecule has 0 aromatic heterocycles. The zero-order chi connectivity index (χ0) is 11.0. The Morgan fingerprint density at radius 2 is 2.21 bits per heavy atom. The van der Waals surface area contributed by atoms with Crippen LogP contribution in [0.5, 0.6) is 0 Å². The summed E-state index contributed by atoms with van der Waals surface area (Å²) >= 11 is 2.08. The third-order valence-corrected chi connectivity index (χ3v) is 2.02. The molecule has 0 spiro atoms. The van der Waals surface area contributed by atoms with Crippen molar-refractivity contribution in [1.29, 1.82) is 0 Å². The Morgan fingerprint density at radius 3 is 2.71 bits per heavy atom. The fourth-order valence-corrected chi connectivity index (χ4v) is 0.912. The first-order valence-electron chi connectivity index (χ1n) is 4.77. The lowest BCUT2D eigenvalue weighted by atomic mass is 10.2. The Morgan fingerprint density at radius 1 is 1.57 bits per heavy atom. The number of ether oxygens (including phenoxy) is 1. The summed E-state index contributed by atoms with van der Waals surface area (Å²) in [5.74, 6) is -0.141. The van der Waals surface area contributed by atoms with Crippen molar-refractivity contribution in [3.63, 3.8) is 0 Å². The van der Waals surface area contributed by atoms with Crippen molar-refractivity contribution < 1.29 is 14.8 Å². The molecule has 82 valence electrons. The highest BCUT2D eigenvalue weighted by molar-refractivity contribution is 14.1. The van der Waals surface area contributed by atoms with Gasteiger partial charge in [0.15, 0.2) is 0 Å². The Labute approximate surface area is 99.4 Å². The maximum atomic E-state index is 11.3. The topological polar surface area (TPSA) is 42.9 Å². The summed E-state index contributed by atoms with van der Waals surface area (Å²) in [7, 11) is 0. The third kappa shape index (κ3) is 7.32. The van der Waals surface area contributed by atoms with Crippen molar-refractivity contribution in [2.75, 3.05) is 19.7 Å². The van der Waals surface area contributed by atoms with Gasteiger partial charge in [-0.2, -0.15) is 0 Å². The maximum Gasteiger partial charge on any atom is 0.321 e. The first-order valence-corrected chi connectivity index (χ1v) is 5.85. The first kappa shape index (κ1) is 13.9. The molecule has 14 heavy (non-hydrogen) atoms. The van der Waals surface area contributed by atoms with E-state index >= 15 is 0 Å². The SMILES string of the molecule is C/C=C/C[NH2+]CCOC(=O)C(C)(C)I. The van der Waals surface area contributed by atoms with Gasteiger partial charge in [0.05, 0.1) is 6.54 Å². The Bertz CT molecular complexity index is 197. The standard InChI is InChI=1S/C10H18INO2/c1-4-5-6-12-7-8-14-9(13)10(2,3)11/h4-5,12H,6-8H2,1-3H3/p+1/b5-4+. The highest BCUT2D eigenvalue weighted by Crippen LogP contribution is 2.17. The molecule has 0 aromatic rings. The molecule has 0 aliphatic rings. The number of rotatable bonds is 6. The van der Waals surface area contributed by atoms with Gasteiger partial charge in [-0.15, -0.1) is 0 Å². The second-order valence-electron chi connectivity index (χ2n) is 3.49. The van der Waals surface area contributed by atoms with Crippen LogP contribution in [0.1, 0.15) is 20.8 Å². The number of carbonyl (C=O) groups is 1. The lowest BCUT2D eigenvalue weighted by Gasteiger charge is -2.14. The number of nitrogens with two attached hydrogens (primary N) is 1. The number of alkyl halides is 1. The largest absolute Gasteiger partial charge is 0.459 e. The van der Waals surface area contributed by atoms with E-state index < -0.39 is 3.42 Å². The molecule has 4 heteroatoms. The lowest BCUT2D eigenvalue weighted by molar-refractivity contribution is -0.646. The van der Waals surface area contributed by atoms with Crippen LogP contribution in [0.2, 0.25) is 0 Å². The summed E-state index contributed by atoms with van der Waals surface area (Å²) in [6, 6.07) is 0.